The molecule has 3 aromatic carbocycles. The topological polar surface area (TPSA) is 79.7 Å². The van der Waals surface area contributed by atoms with Crippen LogP contribution in [0.1, 0.15) is 27.5 Å². The maximum atomic E-state index is 12.9. The molecule has 1 heterocycles. The van der Waals surface area contributed by atoms with E-state index in [0.717, 1.165) is 11.1 Å². The van der Waals surface area contributed by atoms with Crippen molar-refractivity contribution in [1.29, 1.82) is 0 Å². The van der Waals surface area contributed by atoms with Crippen LogP contribution in [-0.2, 0) is 4.79 Å². The molecular weight excluding hydrogens is 406 g/mol. The quantitative estimate of drug-likeness (QED) is 0.590. The highest BCUT2D eigenvalue weighted by molar-refractivity contribution is 5.98. The lowest BCUT2D eigenvalue weighted by Gasteiger charge is -2.15. The van der Waals surface area contributed by atoms with Gasteiger partial charge in [0, 0.05) is 11.1 Å². The predicted octanol–water partition coefficient (Wildman–Crippen LogP) is 2.72. The van der Waals surface area contributed by atoms with Crippen molar-refractivity contribution in [3.05, 3.63) is 95.6 Å². The first kappa shape index (κ1) is 21.1. The number of hydrogen-bond acceptors (Lipinski definition) is 4. The Morgan fingerprint density at radius 2 is 1.62 bits per heavy atom. The minimum absolute atomic E-state index is 0.299. The molecule has 1 aliphatic heterocycles. The van der Waals surface area contributed by atoms with Gasteiger partial charge in [-0.3, -0.25) is 9.59 Å². The van der Waals surface area contributed by atoms with Gasteiger partial charge in [0.1, 0.15) is 11.5 Å². The van der Waals surface area contributed by atoms with Crippen molar-refractivity contribution >= 4 is 18.0 Å². The van der Waals surface area contributed by atoms with E-state index in [9.17, 15) is 9.59 Å². The molecule has 1 aliphatic rings. The van der Waals surface area contributed by atoms with E-state index >= 15 is 0 Å². The third-order valence-corrected chi connectivity index (χ3v) is 5.33. The van der Waals surface area contributed by atoms with E-state index < -0.39 is 12.1 Å². The lowest BCUT2D eigenvalue weighted by molar-refractivity contribution is -0.596. The molecule has 0 aromatic heterocycles. The number of carbonyl (C=O) groups is 2. The van der Waals surface area contributed by atoms with E-state index in [1.165, 1.54) is 0 Å². The smallest absolute Gasteiger partial charge is 0.304 e. The zero-order chi connectivity index (χ0) is 22.5. The number of rotatable bonds is 6. The van der Waals surface area contributed by atoms with Crippen molar-refractivity contribution in [2.24, 2.45) is 0 Å². The monoisotopic (exact) mass is 430 g/mol. The number of amides is 2. The van der Waals surface area contributed by atoms with Crippen molar-refractivity contribution < 1.29 is 23.7 Å². The lowest BCUT2D eigenvalue weighted by atomic mass is 10.00. The van der Waals surface area contributed by atoms with Crippen LogP contribution in [0.5, 0.6) is 11.5 Å². The van der Waals surface area contributed by atoms with Crippen LogP contribution in [0.3, 0.4) is 0 Å². The number of methoxy groups -OCH3 is 2. The zero-order valence-electron chi connectivity index (χ0n) is 17.8. The van der Waals surface area contributed by atoms with Crippen LogP contribution in [0, 0.1) is 0 Å². The van der Waals surface area contributed by atoms with Gasteiger partial charge >= 0.3 is 5.91 Å². The van der Waals surface area contributed by atoms with E-state index in [2.05, 4.69) is 10.7 Å². The third kappa shape index (κ3) is 4.32. The number of nitrogens with one attached hydrogen (secondary N) is 2. The van der Waals surface area contributed by atoms with E-state index in [4.69, 9.17) is 9.47 Å². The first-order valence-corrected chi connectivity index (χ1v) is 10.2. The second kappa shape index (κ2) is 9.34. The minimum Gasteiger partial charge on any atom is -0.497 e. The lowest BCUT2D eigenvalue weighted by Crippen LogP contribution is -2.42. The van der Waals surface area contributed by atoms with E-state index in [1.54, 1.807) is 43.2 Å². The van der Waals surface area contributed by atoms with Gasteiger partial charge in [0.2, 0.25) is 12.3 Å². The second-order valence-corrected chi connectivity index (χ2v) is 7.29. The molecule has 0 unspecified atom stereocenters. The van der Waals surface area contributed by atoms with Crippen LogP contribution in [0.15, 0.2) is 78.9 Å². The first-order valence-electron chi connectivity index (χ1n) is 10.2. The highest BCUT2D eigenvalue weighted by Gasteiger charge is 2.47. The van der Waals surface area contributed by atoms with Crippen LogP contribution in [0.4, 0.5) is 0 Å². The summed E-state index contributed by atoms with van der Waals surface area (Å²) in [4.78, 5) is 25.8. The second-order valence-electron chi connectivity index (χ2n) is 7.29. The predicted molar refractivity (Wildman–Crippen MR) is 120 cm³/mol. The largest absolute Gasteiger partial charge is 0.497 e. The number of ether oxygens (including phenoxy) is 2. The van der Waals surface area contributed by atoms with Gasteiger partial charge in [-0.25, -0.2) is 0 Å². The third-order valence-electron chi connectivity index (χ3n) is 5.33. The van der Waals surface area contributed by atoms with Gasteiger partial charge in [-0.15, -0.1) is 10.1 Å². The molecule has 162 valence electrons. The normalized spacial score (nSPS) is 18.8. The number of hydrazine groups is 1. The Labute approximate surface area is 186 Å². The van der Waals surface area contributed by atoms with Gasteiger partial charge in [0.25, 0.3) is 5.91 Å². The molecular formula is C25H24N3O4+. The summed E-state index contributed by atoms with van der Waals surface area (Å²) in [5.74, 6) is 0.693. The van der Waals surface area contributed by atoms with Crippen molar-refractivity contribution in [2.45, 2.75) is 12.1 Å². The van der Waals surface area contributed by atoms with Crippen molar-refractivity contribution in [3.63, 3.8) is 0 Å². The summed E-state index contributed by atoms with van der Waals surface area (Å²) in [6.07, 6.45) is 1.81. The SMILES string of the molecule is COc1ccc(C(=O)N[C@H]2C(=O)N/[N+](=C\c3ccccc3OC)[C@H]2c2ccccc2)cc1. The molecule has 1 saturated heterocycles. The van der Waals surface area contributed by atoms with Gasteiger partial charge in [0.15, 0.2) is 6.04 Å². The number of benzene rings is 3. The van der Waals surface area contributed by atoms with Crippen LogP contribution in [-0.4, -0.2) is 43.0 Å². The molecule has 2 atom stereocenters. The fraction of sp³-hybridized carbons (Fsp3) is 0.160. The summed E-state index contributed by atoms with van der Waals surface area (Å²) in [5.41, 5.74) is 5.01. The standard InChI is InChI=1S/C25H23N3O4/c1-31-20-14-12-18(13-15-20)24(29)26-22-23(17-8-4-3-5-9-17)28(27-25(22)30)16-19-10-6-7-11-21(19)32-2/h3-16,22-23H,1-2H3,(H-,26,27,29,30)/p+1/b28-16-/t22-,23+/m1/s1. The molecule has 4 rings (SSSR count). The van der Waals surface area contributed by atoms with Gasteiger partial charge in [-0.2, -0.15) is 0 Å². The molecule has 2 amide bonds. The molecule has 7 nitrogen and oxygen atoms in total. The summed E-state index contributed by atoms with van der Waals surface area (Å²) in [6, 6.07) is 22.6. The highest BCUT2D eigenvalue weighted by Crippen LogP contribution is 2.26. The molecule has 7 heteroatoms. The van der Waals surface area contributed by atoms with E-state index in [0.29, 0.717) is 17.1 Å². The van der Waals surface area contributed by atoms with Gasteiger partial charge < -0.3 is 14.8 Å². The Bertz CT molecular complexity index is 1140. The number of hydrazone groups is 1. The van der Waals surface area contributed by atoms with Crippen molar-refractivity contribution in [3.8, 4) is 11.5 Å². The van der Waals surface area contributed by atoms with Crippen LogP contribution in [0.25, 0.3) is 0 Å². The van der Waals surface area contributed by atoms with Crippen LogP contribution >= 0.6 is 0 Å². The van der Waals surface area contributed by atoms with E-state index in [-0.39, 0.29) is 11.8 Å². The summed E-state index contributed by atoms with van der Waals surface area (Å²) >= 11 is 0. The van der Waals surface area contributed by atoms with Gasteiger partial charge in [-0.05, 0) is 36.4 Å². The Hall–Kier alpha value is -4.13. The van der Waals surface area contributed by atoms with Crippen molar-refractivity contribution in [2.75, 3.05) is 14.2 Å². The molecule has 0 spiro atoms. The maximum Gasteiger partial charge on any atom is 0.304 e. The van der Waals surface area contributed by atoms with Crippen LogP contribution < -0.4 is 20.2 Å². The summed E-state index contributed by atoms with van der Waals surface area (Å²) < 4.78 is 12.3. The average molecular weight is 430 g/mol. The number of para-hydroxylation sites is 1. The molecule has 1 fully saturated rings. The Balaban J connectivity index is 1.68. The van der Waals surface area contributed by atoms with Crippen molar-refractivity contribution in [1.82, 2.24) is 10.7 Å². The van der Waals surface area contributed by atoms with Gasteiger partial charge in [-0.1, -0.05) is 42.5 Å². The molecule has 0 saturated carbocycles. The number of hydrogen-bond donors (Lipinski definition) is 2. The summed E-state index contributed by atoms with van der Waals surface area (Å²) in [5, 5.41) is 2.89. The summed E-state index contributed by atoms with van der Waals surface area (Å²) in [7, 11) is 3.16. The molecule has 3 aromatic rings. The first-order chi connectivity index (χ1) is 15.6. The highest BCUT2D eigenvalue weighted by atomic mass is 16.5. The fourth-order valence-corrected chi connectivity index (χ4v) is 3.72. The Morgan fingerprint density at radius 3 is 2.31 bits per heavy atom. The molecule has 32 heavy (non-hydrogen) atoms. The Morgan fingerprint density at radius 1 is 0.938 bits per heavy atom. The fourth-order valence-electron chi connectivity index (χ4n) is 3.72. The molecule has 2 N–H and O–H groups in total. The zero-order valence-corrected chi connectivity index (χ0v) is 17.8. The average Bonchev–Trinajstić information content (AvgIpc) is 3.14. The van der Waals surface area contributed by atoms with Gasteiger partial charge in [0.05, 0.1) is 19.8 Å². The summed E-state index contributed by atoms with van der Waals surface area (Å²) in [6.45, 7) is 0. The number of nitrogens with zero attached hydrogens (tertiary/aromatic N) is 1. The number of carbonyl (C=O) groups excluding carboxylic acids is 2. The molecule has 0 radical (unpaired) electrons. The Kier molecular flexibility index (Phi) is 6.17. The minimum atomic E-state index is -0.794. The molecule has 0 bridgehead atoms. The van der Waals surface area contributed by atoms with E-state index in [1.807, 2.05) is 60.8 Å². The van der Waals surface area contributed by atoms with Crippen LogP contribution in [0.2, 0.25) is 0 Å². The maximum absolute atomic E-state index is 12.9. The molecule has 0 aliphatic carbocycles.